The number of ether oxygens (including phenoxy) is 2. The number of carboxylic acids is 1. The Kier molecular flexibility index (Phi) is 3.83. The van der Waals surface area contributed by atoms with Crippen molar-refractivity contribution in [2.45, 2.75) is 13.0 Å². The zero-order chi connectivity index (χ0) is 13.1. The molecule has 1 aromatic heterocycles. The first-order valence-corrected chi connectivity index (χ1v) is 5.79. The van der Waals surface area contributed by atoms with E-state index in [1.54, 1.807) is 14.0 Å². The fourth-order valence-corrected chi connectivity index (χ4v) is 1.98. The molecule has 1 saturated heterocycles. The van der Waals surface area contributed by atoms with Crippen molar-refractivity contribution >= 4 is 11.8 Å². The lowest BCUT2D eigenvalue weighted by atomic mass is 10.2. The summed E-state index contributed by atoms with van der Waals surface area (Å²) in [5.41, 5.74) is 0.697. The molecule has 18 heavy (non-hydrogen) atoms. The number of aryl methyl sites for hydroxylation is 2. The Morgan fingerprint density at radius 3 is 3.00 bits per heavy atom. The smallest absolute Gasteiger partial charge is 0.341 e. The van der Waals surface area contributed by atoms with E-state index in [0.717, 1.165) is 0 Å². The fourth-order valence-electron chi connectivity index (χ4n) is 1.98. The van der Waals surface area contributed by atoms with Crippen molar-refractivity contribution in [3.8, 4) is 0 Å². The van der Waals surface area contributed by atoms with Crippen molar-refractivity contribution < 1.29 is 19.4 Å². The van der Waals surface area contributed by atoms with Crippen molar-refractivity contribution in [3.63, 3.8) is 0 Å². The molecule has 1 aliphatic heterocycles. The molecule has 0 aromatic carbocycles. The van der Waals surface area contributed by atoms with Crippen LogP contribution in [-0.4, -0.2) is 53.3 Å². The minimum Gasteiger partial charge on any atom is -0.477 e. The number of anilines is 1. The SMILES string of the molecule is Cc1nn(C)c(NCC2COCCO2)c1C(=O)O. The van der Waals surface area contributed by atoms with E-state index in [9.17, 15) is 4.79 Å². The standard InChI is InChI=1S/C11H17N3O4/c1-7-9(11(15)16)10(14(2)13-7)12-5-8-6-17-3-4-18-8/h8,12H,3-6H2,1-2H3,(H,15,16). The lowest BCUT2D eigenvalue weighted by molar-refractivity contribution is -0.0819. The Morgan fingerprint density at radius 2 is 2.39 bits per heavy atom. The zero-order valence-electron chi connectivity index (χ0n) is 10.5. The molecule has 2 N–H and O–H groups in total. The molecule has 0 radical (unpaired) electrons. The second kappa shape index (κ2) is 5.36. The maximum Gasteiger partial charge on any atom is 0.341 e. The number of nitrogens with zero attached hydrogens (tertiary/aromatic N) is 2. The molecule has 1 aromatic rings. The highest BCUT2D eigenvalue weighted by atomic mass is 16.6. The lowest BCUT2D eigenvalue weighted by Gasteiger charge is -2.23. The van der Waals surface area contributed by atoms with E-state index in [1.807, 2.05) is 0 Å². The molecule has 0 bridgehead atoms. The van der Waals surface area contributed by atoms with Crippen molar-refractivity contribution in [2.75, 3.05) is 31.7 Å². The average Bonchev–Trinajstić information content (AvgIpc) is 2.62. The number of aromatic carboxylic acids is 1. The normalized spacial score (nSPS) is 19.8. The second-order valence-electron chi connectivity index (χ2n) is 4.19. The third-order valence-corrected chi connectivity index (χ3v) is 2.82. The molecule has 0 amide bonds. The van der Waals surface area contributed by atoms with Gasteiger partial charge in [-0.15, -0.1) is 0 Å². The largest absolute Gasteiger partial charge is 0.477 e. The molecule has 1 fully saturated rings. The van der Waals surface area contributed by atoms with Crippen LogP contribution in [0.1, 0.15) is 16.1 Å². The first-order chi connectivity index (χ1) is 8.59. The topological polar surface area (TPSA) is 85.6 Å². The summed E-state index contributed by atoms with van der Waals surface area (Å²) in [6.07, 6.45) is -0.0596. The highest BCUT2D eigenvalue weighted by Gasteiger charge is 2.21. The minimum atomic E-state index is -0.982. The number of nitrogens with one attached hydrogen (secondary N) is 1. The van der Waals surface area contributed by atoms with Gasteiger partial charge < -0.3 is 19.9 Å². The van der Waals surface area contributed by atoms with Crippen LogP contribution in [0, 0.1) is 6.92 Å². The van der Waals surface area contributed by atoms with Crippen LogP contribution >= 0.6 is 0 Å². The summed E-state index contributed by atoms with van der Waals surface area (Å²) in [5.74, 6) is -0.488. The second-order valence-corrected chi connectivity index (χ2v) is 4.19. The molecule has 7 heteroatoms. The Labute approximate surface area is 105 Å². The van der Waals surface area contributed by atoms with Crippen LogP contribution in [0.3, 0.4) is 0 Å². The molecule has 0 saturated carbocycles. The number of carboxylic acid groups (broad SMARTS) is 1. The Bertz CT molecular complexity index is 438. The van der Waals surface area contributed by atoms with Gasteiger partial charge in [-0.05, 0) is 6.92 Å². The third-order valence-electron chi connectivity index (χ3n) is 2.82. The van der Waals surface area contributed by atoms with Crippen molar-refractivity contribution in [3.05, 3.63) is 11.3 Å². The van der Waals surface area contributed by atoms with Crippen LogP contribution in [0.2, 0.25) is 0 Å². The van der Waals surface area contributed by atoms with Gasteiger partial charge in [-0.3, -0.25) is 4.68 Å². The maximum atomic E-state index is 11.2. The summed E-state index contributed by atoms with van der Waals surface area (Å²) >= 11 is 0. The summed E-state index contributed by atoms with van der Waals surface area (Å²) in [6.45, 7) is 3.88. The fraction of sp³-hybridized carbons (Fsp3) is 0.636. The highest BCUT2D eigenvalue weighted by Crippen LogP contribution is 2.18. The number of carbonyl (C=O) groups is 1. The average molecular weight is 255 g/mol. The molecule has 100 valence electrons. The molecule has 2 heterocycles. The summed E-state index contributed by atoms with van der Waals surface area (Å²) in [7, 11) is 1.71. The Hall–Kier alpha value is -1.60. The minimum absolute atomic E-state index is 0.0596. The first kappa shape index (κ1) is 12.8. The van der Waals surface area contributed by atoms with Gasteiger partial charge in [-0.1, -0.05) is 0 Å². The molecule has 0 aliphatic carbocycles. The van der Waals surface area contributed by atoms with Crippen molar-refractivity contribution in [1.82, 2.24) is 9.78 Å². The van der Waals surface area contributed by atoms with E-state index < -0.39 is 5.97 Å². The molecular formula is C11H17N3O4. The van der Waals surface area contributed by atoms with Crippen LogP contribution in [0.15, 0.2) is 0 Å². The van der Waals surface area contributed by atoms with Crippen LogP contribution in [0.5, 0.6) is 0 Å². The van der Waals surface area contributed by atoms with Crippen LogP contribution < -0.4 is 5.32 Å². The predicted octanol–water partition coefficient (Wildman–Crippen LogP) is 0.254. The van der Waals surface area contributed by atoms with E-state index in [2.05, 4.69) is 10.4 Å². The van der Waals surface area contributed by atoms with E-state index in [1.165, 1.54) is 4.68 Å². The number of aromatic nitrogens is 2. The van der Waals surface area contributed by atoms with Gasteiger partial charge in [0.05, 0.1) is 31.6 Å². The molecule has 2 rings (SSSR count). The predicted molar refractivity (Wildman–Crippen MR) is 64.0 cm³/mol. The van der Waals surface area contributed by atoms with E-state index in [4.69, 9.17) is 14.6 Å². The number of rotatable bonds is 4. The summed E-state index contributed by atoms with van der Waals surface area (Å²) in [5, 5.41) is 16.3. The lowest BCUT2D eigenvalue weighted by Crippen LogP contribution is -2.34. The van der Waals surface area contributed by atoms with Crippen LogP contribution in [0.4, 0.5) is 5.82 Å². The molecule has 1 aliphatic rings. The van der Waals surface area contributed by atoms with E-state index in [-0.39, 0.29) is 11.7 Å². The quantitative estimate of drug-likeness (QED) is 0.802. The summed E-state index contributed by atoms with van der Waals surface area (Å²) in [4.78, 5) is 11.2. The van der Waals surface area contributed by atoms with Gasteiger partial charge in [-0.2, -0.15) is 5.10 Å². The highest BCUT2D eigenvalue weighted by molar-refractivity contribution is 5.94. The van der Waals surface area contributed by atoms with Gasteiger partial charge in [0.1, 0.15) is 11.4 Å². The Balaban J connectivity index is 2.06. The molecular weight excluding hydrogens is 238 g/mol. The van der Waals surface area contributed by atoms with E-state index in [0.29, 0.717) is 37.9 Å². The summed E-state index contributed by atoms with van der Waals surface area (Å²) < 4.78 is 12.3. The molecule has 1 atom stereocenters. The third kappa shape index (κ3) is 2.62. The maximum absolute atomic E-state index is 11.2. The molecule has 7 nitrogen and oxygen atoms in total. The van der Waals surface area contributed by atoms with Crippen molar-refractivity contribution in [1.29, 1.82) is 0 Å². The molecule has 0 spiro atoms. The molecule has 1 unspecified atom stereocenters. The monoisotopic (exact) mass is 255 g/mol. The number of hydrogen-bond donors (Lipinski definition) is 2. The van der Waals surface area contributed by atoms with Gasteiger partial charge in [0, 0.05) is 13.6 Å². The van der Waals surface area contributed by atoms with E-state index >= 15 is 0 Å². The van der Waals surface area contributed by atoms with Gasteiger partial charge in [0.2, 0.25) is 0 Å². The Morgan fingerprint density at radius 1 is 1.61 bits per heavy atom. The van der Waals surface area contributed by atoms with Gasteiger partial charge in [0.25, 0.3) is 0 Å². The number of hydrogen-bond acceptors (Lipinski definition) is 5. The van der Waals surface area contributed by atoms with Gasteiger partial charge >= 0.3 is 5.97 Å². The van der Waals surface area contributed by atoms with Crippen LogP contribution in [-0.2, 0) is 16.5 Å². The van der Waals surface area contributed by atoms with Gasteiger partial charge in [-0.25, -0.2) is 4.79 Å². The van der Waals surface area contributed by atoms with Crippen LogP contribution in [0.25, 0.3) is 0 Å². The van der Waals surface area contributed by atoms with Gasteiger partial charge in [0.15, 0.2) is 0 Å². The zero-order valence-corrected chi connectivity index (χ0v) is 10.5. The summed E-state index contributed by atoms with van der Waals surface area (Å²) in [6, 6.07) is 0. The first-order valence-electron chi connectivity index (χ1n) is 5.79. The van der Waals surface area contributed by atoms with Crippen molar-refractivity contribution in [2.24, 2.45) is 7.05 Å².